The SMILES string of the molecule is CC(C)c1cccc(C(C)C)c1-c1cccc(C[PH+](C(C)C)C(C)C)n1.[Br][Fe][Br]. The summed E-state index contributed by atoms with van der Waals surface area (Å²) in [5, 5.41) is 0. The van der Waals surface area contributed by atoms with Crippen molar-refractivity contribution < 1.29 is 11.3 Å². The zero-order valence-electron chi connectivity index (χ0n) is 19.0. The fourth-order valence-corrected chi connectivity index (χ4v) is 6.61. The Morgan fingerprint density at radius 3 is 1.66 bits per heavy atom. The molecule has 0 radical (unpaired) electrons. The molecular weight excluding hydrogens is 549 g/mol. The second-order valence-electron chi connectivity index (χ2n) is 8.75. The molecule has 5 heteroatoms. The second-order valence-corrected chi connectivity index (χ2v) is 18.1. The first-order chi connectivity index (χ1) is 13.6. The third-order valence-corrected chi connectivity index (χ3v) is 9.04. The van der Waals surface area contributed by atoms with Gasteiger partial charge in [-0.15, -0.1) is 0 Å². The molecule has 0 aliphatic heterocycles. The molecule has 0 atom stereocenters. The number of aromatic nitrogens is 1. The van der Waals surface area contributed by atoms with Crippen molar-refractivity contribution in [2.24, 2.45) is 0 Å². The Morgan fingerprint density at radius 1 is 0.793 bits per heavy atom. The molecule has 0 saturated heterocycles. The summed E-state index contributed by atoms with van der Waals surface area (Å²) in [6.07, 6.45) is 1.16. The quantitative estimate of drug-likeness (QED) is 0.233. The number of halogens is 2. The van der Waals surface area contributed by atoms with E-state index in [-0.39, 0.29) is 0 Å². The summed E-state index contributed by atoms with van der Waals surface area (Å²) in [5.74, 6) is 1.00. The van der Waals surface area contributed by atoms with E-state index >= 15 is 0 Å². The molecule has 0 spiro atoms. The number of pyridine rings is 1. The Bertz CT molecular complexity index is 713. The molecule has 0 fully saturated rings. The minimum atomic E-state index is -0.444. The van der Waals surface area contributed by atoms with E-state index in [9.17, 15) is 0 Å². The van der Waals surface area contributed by atoms with Crippen LogP contribution < -0.4 is 0 Å². The Labute approximate surface area is 200 Å². The molecule has 0 N–H and O–H groups in total. The fourth-order valence-electron chi connectivity index (χ4n) is 3.85. The fraction of sp³-hybridized carbons (Fsp3) is 0.542. The average Bonchev–Trinajstić information content (AvgIpc) is 2.65. The summed E-state index contributed by atoms with van der Waals surface area (Å²) in [6.45, 7) is 18.6. The summed E-state index contributed by atoms with van der Waals surface area (Å²) in [4.78, 5) is 5.16. The van der Waals surface area contributed by atoms with Gasteiger partial charge in [0.25, 0.3) is 0 Å². The molecule has 29 heavy (non-hydrogen) atoms. The van der Waals surface area contributed by atoms with Gasteiger partial charge in [-0.05, 0) is 62.8 Å². The van der Waals surface area contributed by atoms with Gasteiger partial charge in [0.2, 0.25) is 0 Å². The van der Waals surface area contributed by atoms with E-state index in [4.69, 9.17) is 4.98 Å². The van der Waals surface area contributed by atoms with Crippen LogP contribution in [0.2, 0.25) is 0 Å². The van der Waals surface area contributed by atoms with Crippen LogP contribution >= 0.6 is 36.1 Å². The molecule has 2 rings (SSSR count). The van der Waals surface area contributed by atoms with E-state index in [1.54, 1.807) is 0 Å². The van der Waals surface area contributed by atoms with Gasteiger partial charge < -0.3 is 0 Å². The molecule has 164 valence electrons. The van der Waals surface area contributed by atoms with Gasteiger partial charge >= 0.3 is 39.6 Å². The molecule has 1 aromatic carbocycles. The van der Waals surface area contributed by atoms with Crippen LogP contribution in [0.5, 0.6) is 0 Å². The molecule has 0 bridgehead atoms. The van der Waals surface area contributed by atoms with Crippen LogP contribution in [0.1, 0.15) is 84.0 Å². The van der Waals surface area contributed by atoms with Crippen LogP contribution in [-0.4, -0.2) is 16.3 Å². The van der Waals surface area contributed by atoms with Crippen LogP contribution in [0, 0.1) is 0 Å². The molecule has 0 aliphatic rings. The van der Waals surface area contributed by atoms with Gasteiger partial charge in [0.05, 0.1) is 28.9 Å². The average molecular weight is 586 g/mol. The third kappa shape index (κ3) is 8.38. The monoisotopic (exact) mass is 584 g/mol. The molecule has 1 nitrogen and oxygen atoms in total. The first-order valence-corrected chi connectivity index (χ1v) is 17.8. The van der Waals surface area contributed by atoms with E-state index in [1.807, 2.05) is 0 Å². The van der Waals surface area contributed by atoms with Gasteiger partial charge in [-0.25, -0.2) is 4.98 Å². The van der Waals surface area contributed by atoms with E-state index in [1.165, 1.54) is 22.4 Å². The third-order valence-electron chi connectivity index (χ3n) is 5.30. The molecule has 0 saturated carbocycles. The summed E-state index contributed by atoms with van der Waals surface area (Å²) < 4.78 is 0. The van der Waals surface area contributed by atoms with Crippen molar-refractivity contribution in [3.8, 4) is 11.3 Å². The maximum atomic E-state index is 5.16. The van der Waals surface area contributed by atoms with E-state index in [2.05, 4.69) is 120 Å². The standard InChI is InChI=1S/C24H36NP.2BrH.Fe/c1-16(2)21-12-10-13-22(17(3)4)24(21)23-14-9-11-20(25-23)15-26(18(5)6)19(7)8;;;/h9-14,16-19H,15H2,1-8H3;2*1H;/q;;;+2/p-1. The first kappa shape index (κ1) is 27.3. The summed E-state index contributed by atoms with van der Waals surface area (Å²) in [5.41, 5.74) is 8.18. The molecule has 2 aromatic rings. The zero-order chi connectivity index (χ0) is 22.1. The topological polar surface area (TPSA) is 12.9 Å². The van der Waals surface area contributed by atoms with Crippen molar-refractivity contribution in [1.29, 1.82) is 0 Å². The van der Waals surface area contributed by atoms with Crippen molar-refractivity contribution in [3.05, 3.63) is 53.2 Å². The molecule has 0 amide bonds. The van der Waals surface area contributed by atoms with Crippen LogP contribution in [0.25, 0.3) is 11.3 Å². The predicted octanol–water partition coefficient (Wildman–Crippen LogP) is 9.22. The Hall–Kier alpha value is 0.279. The van der Waals surface area contributed by atoms with Crippen molar-refractivity contribution in [2.75, 3.05) is 0 Å². The number of hydrogen-bond donors (Lipinski definition) is 0. The minimum absolute atomic E-state index is 0.444. The van der Waals surface area contributed by atoms with Gasteiger partial charge in [-0.2, -0.15) is 0 Å². The molecule has 0 unspecified atom stereocenters. The van der Waals surface area contributed by atoms with E-state index in [0.717, 1.165) is 34.5 Å². The normalized spacial score (nSPS) is 11.7. The number of rotatable bonds is 7. The maximum absolute atomic E-state index is 5.16. The van der Waals surface area contributed by atoms with Crippen molar-refractivity contribution in [1.82, 2.24) is 4.98 Å². The van der Waals surface area contributed by atoms with Crippen LogP contribution in [0.15, 0.2) is 36.4 Å². The first-order valence-electron chi connectivity index (χ1n) is 10.4. The Morgan fingerprint density at radius 2 is 1.24 bits per heavy atom. The van der Waals surface area contributed by atoms with Gasteiger partial charge in [0, 0.05) is 13.5 Å². The molecular formula is C24H37Br2FeNP+. The van der Waals surface area contributed by atoms with E-state index in [0.29, 0.717) is 11.8 Å². The predicted molar refractivity (Wildman–Crippen MR) is 138 cm³/mol. The summed E-state index contributed by atoms with van der Waals surface area (Å²) >= 11 is 7.00. The summed E-state index contributed by atoms with van der Waals surface area (Å²) in [6, 6.07) is 13.4. The number of hydrogen-bond acceptors (Lipinski definition) is 1. The van der Waals surface area contributed by atoms with E-state index < -0.39 is 7.92 Å². The van der Waals surface area contributed by atoms with Gasteiger partial charge in [0.15, 0.2) is 0 Å². The van der Waals surface area contributed by atoms with Crippen molar-refractivity contribution >= 4 is 36.1 Å². The number of benzene rings is 1. The molecule has 1 heterocycles. The summed E-state index contributed by atoms with van der Waals surface area (Å²) in [7, 11) is -0.444. The Kier molecular flexibility index (Phi) is 12.8. The Balaban J connectivity index is 0.00000132. The van der Waals surface area contributed by atoms with Crippen LogP contribution in [0.4, 0.5) is 0 Å². The molecule has 0 aliphatic carbocycles. The van der Waals surface area contributed by atoms with Crippen LogP contribution in [0.3, 0.4) is 0 Å². The van der Waals surface area contributed by atoms with Gasteiger partial charge in [-0.1, -0.05) is 52.0 Å². The second kappa shape index (κ2) is 13.6. The zero-order valence-corrected chi connectivity index (χ0v) is 24.3. The van der Waals surface area contributed by atoms with Crippen molar-refractivity contribution in [3.63, 3.8) is 0 Å². The van der Waals surface area contributed by atoms with Gasteiger partial charge in [0.1, 0.15) is 0 Å². The number of nitrogens with zero attached hydrogens (tertiary/aromatic N) is 1. The van der Waals surface area contributed by atoms with Crippen molar-refractivity contribution in [2.45, 2.75) is 84.7 Å². The molecule has 1 aromatic heterocycles. The van der Waals surface area contributed by atoms with Crippen LogP contribution in [-0.2, 0) is 17.5 Å². The van der Waals surface area contributed by atoms with Gasteiger partial charge in [-0.3, -0.25) is 0 Å².